The molecule has 14 rings (SSSR count). The quantitative estimate of drug-likeness (QED) is 0.116. The highest BCUT2D eigenvalue weighted by Crippen LogP contribution is 2.43. The number of likely N-dealkylation sites (tertiary alicyclic amines) is 11. The molecule has 1 aromatic carbocycles. The summed E-state index contributed by atoms with van der Waals surface area (Å²) in [7, 11) is 1.78. The van der Waals surface area contributed by atoms with Gasteiger partial charge in [0, 0.05) is 157 Å². The normalized spacial score (nSPS) is 22.5. The monoisotopic (exact) mass is 1800 g/mol. The zero-order valence-electron chi connectivity index (χ0n) is 90.3. The molecule has 0 spiro atoms. The predicted octanol–water partition coefficient (Wildman–Crippen LogP) is 21.5. The number of hydrogen-bond acceptors (Lipinski definition) is 13. The second-order valence-electron chi connectivity index (χ2n) is 52.8. The first-order valence-corrected chi connectivity index (χ1v) is 51.9. The lowest BCUT2D eigenvalue weighted by molar-refractivity contribution is -0.157. The minimum atomic E-state index is -2.58. The molecule has 1 atom stereocenters. The van der Waals surface area contributed by atoms with E-state index in [2.05, 4.69) is 305 Å². The SMILES string of the molecule is CC(C)(C)C1CN(C(=O)CN2CC(F)(F)C2)C1.CC(C)(C)C1CN(C(=O)CN2CCC2)C1.CC(C)(C)C1CN(C(=O)CN2Cc3ccccc3C2)C1.CC(C)(C)C1CN(C2CCCCC2)C1.CC(C)=CCN1CC(C(C)(C)C)C1.CC(C)CCN1CC(C(C)(C)C)C1.CCCCN1CC(C(C)(C)C)C1.CCCN1CC(C(C)(C)C)C1.COCC(C)N1CC(C(C)(C)C)C1. The van der Waals surface area contributed by atoms with Crippen LogP contribution in [0.1, 0.15) is 311 Å². The first-order valence-electron chi connectivity index (χ1n) is 51.9. The minimum absolute atomic E-state index is 0.0130. The van der Waals surface area contributed by atoms with Crippen LogP contribution in [-0.2, 0) is 32.2 Å². The Labute approximate surface area is 789 Å². The third-order valence-corrected chi connectivity index (χ3v) is 31.5. The summed E-state index contributed by atoms with van der Waals surface area (Å²) in [5.41, 5.74) is 8.17. The fraction of sp³-hybridized carbons (Fsp3) is 0.900. The number of rotatable bonds is 20. The van der Waals surface area contributed by atoms with Crippen molar-refractivity contribution in [3.8, 4) is 0 Å². The highest BCUT2D eigenvalue weighted by atomic mass is 19.3. The van der Waals surface area contributed by atoms with Gasteiger partial charge >= 0.3 is 0 Å². The Balaban J connectivity index is 0.000000223. The Bertz CT molecular complexity index is 3340. The zero-order valence-corrected chi connectivity index (χ0v) is 90.3. The summed E-state index contributed by atoms with van der Waals surface area (Å²) in [6, 6.07) is 10.0. The van der Waals surface area contributed by atoms with Crippen molar-refractivity contribution in [1.82, 2.24) is 58.8 Å². The average Bonchev–Trinajstić information content (AvgIpc) is 1.56. The zero-order chi connectivity index (χ0) is 96.3. The van der Waals surface area contributed by atoms with E-state index in [0.717, 1.165) is 126 Å². The number of methoxy groups -OCH3 is 1. The molecule has 16 nitrogen and oxygen atoms in total. The van der Waals surface area contributed by atoms with Gasteiger partial charge in [-0.1, -0.05) is 276 Å². The Hall–Kier alpha value is -3.17. The topological polar surface area (TPSA) is 99.3 Å². The summed E-state index contributed by atoms with van der Waals surface area (Å²) in [5, 5.41) is 0. The number of nitrogens with zero attached hydrogens (tertiary/aromatic N) is 12. The van der Waals surface area contributed by atoms with E-state index < -0.39 is 5.92 Å². The van der Waals surface area contributed by atoms with Crippen molar-refractivity contribution in [3.63, 3.8) is 0 Å². The van der Waals surface area contributed by atoms with Crippen LogP contribution in [-0.4, -0.2) is 298 Å². The van der Waals surface area contributed by atoms with E-state index in [4.69, 9.17) is 4.74 Å². The molecule has 11 saturated heterocycles. The van der Waals surface area contributed by atoms with E-state index in [1.807, 2.05) is 9.80 Å². The lowest BCUT2D eigenvalue weighted by Gasteiger charge is -2.50. The third kappa shape index (κ3) is 38.4. The summed E-state index contributed by atoms with van der Waals surface area (Å²) in [6.07, 6.45) is 16.3. The molecule has 1 unspecified atom stereocenters. The number of hydrogen-bond donors (Lipinski definition) is 0. The molecule has 18 heteroatoms. The van der Waals surface area contributed by atoms with Gasteiger partial charge in [0.1, 0.15) is 0 Å². The number of amides is 3. The highest BCUT2D eigenvalue weighted by Gasteiger charge is 2.48. The van der Waals surface area contributed by atoms with Crippen molar-refractivity contribution in [3.05, 3.63) is 47.0 Å². The lowest BCUT2D eigenvalue weighted by atomic mass is 9.74. The van der Waals surface area contributed by atoms with Crippen LogP contribution in [0.2, 0.25) is 0 Å². The van der Waals surface area contributed by atoms with E-state index >= 15 is 0 Å². The fourth-order valence-corrected chi connectivity index (χ4v) is 18.5. The summed E-state index contributed by atoms with van der Waals surface area (Å²) in [4.78, 5) is 63.1. The molecule has 0 aromatic heterocycles. The van der Waals surface area contributed by atoms with Crippen molar-refractivity contribution in [2.75, 3.05) is 204 Å². The second-order valence-corrected chi connectivity index (χ2v) is 52.8. The fourth-order valence-electron chi connectivity index (χ4n) is 18.5. The molecule has 744 valence electrons. The highest BCUT2D eigenvalue weighted by molar-refractivity contribution is 5.80. The van der Waals surface area contributed by atoms with Crippen LogP contribution >= 0.6 is 0 Å². The average molecular weight is 1800 g/mol. The van der Waals surface area contributed by atoms with Crippen LogP contribution in [0.25, 0.3) is 0 Å². The van der Waals surface area contributed by atoms with Crippen LogP contribution < -0.4 is 0 Å². The maximum atomic E-state index is 12.6. The molecule has 12 heterocycles. The maximum absolute atomic E-state index is 12.6. The number of ether oxygens (including phenoxy) is 1. The number of carbonyl (C=O) groups excluding carboxylic acids is 3. The van der Waals surface area contributed by atoms with Gasteiger partial charge in [0.2, 0.25) is 17.7 Å². The van der Waals surface area contributed by atoms with Gasteiger partial charge in [0.05, 0.1) is 39.3 Å². The van der Waals surface area contributed by atoms with Crippen LogP contribution in [0.4, 0.5) is 8.78 Å². The van der Waals surface area contributed by atoms with Crippen molar-refractivity contribution in [1.29, 1.82) is 0 Å². The first kappa shape index (κ1) is 114. The van der Waals surface area contributed by atoms with Gasteiger partial charge in [0.25, 0.3) is 5.92 Å². The molecular weight excluding hydrogens is 1590 g/mol. The van der Waals surface area contributed by atoms with E-state index in [1.54, 1.807) is 12.0 Å². The molecule has 13 aliphatic rings. The molecule has 0 N–H and O–H groups in total. The van der Waals surface area contributed by atoms with Crippen LogP contribution in [0.15, 0.2) is 35.9 Å². The summed E-state index contributed by atoms with van der Waals surface area (Å²) >= 11 is 0. The summed E-state index contributed by atoms with van der Waals surface area (Å²) in [6.45, 7) is 110. The van der Waals surface area contributed by atoms with E-state index in [0.29, 0.717) is 92.0 Å². The third-order valence-electron chi connectivity index (χ3n) is 31.5. The molecule has 128 heavy (non-hydrogen) atoms. The van der Waals surface area contributed by atoms with Crippen LogP contribution in [0.3, 0.4) is 0 Å². The smallest absolute Gasteiger partial charge is 0.272 e. The van der Waals surface area contributed by atoms with E-state index in [-0.39, 0.29) is 31.0 Å². The van der Waals surface area contributed by atoms with Gasteiger partial charge in [-0.2, -0.15) is 0 Å². The standard InChI is InChI=1S/C17H24N2O.C13H25N.C12H20F2N2O.C12H22N2O.C12H25N.C12H23N.C11H23NO.C11H23N.C10H21N/c1-17(2,3)15-10-19(11-15)16(20)12-18-8-13-6-4-5-7-14(13)9-18;1-13(2,3)11-9-14(10-11)12-7-5-4-6-8-12;1-11(2,3)9-4-16(5-9)10(17)6-15-7-12(13,14)8-15;1-12(2,3)10-7-14(8-10)11(15)9-13-5-4-6-13;2*1-10(2)6-7-13-8-11(9-13)12(3,4)5;1-9(8-13-5)12-6-10(7-12)11(2,3)4;1-5-6-7-12-8-10(9-12)11(2,3)4;1-5-6-11-7-9(8-11)10(2,3)4/h4-7,15H,8-12H2,1-3H3;11-12H,4-10H2,1-3H3;9H,4-8H2,1-3H3;10H,4-9H2,1-3H3;10-11H,6-9H2,1-5H3;6,11H,7-9H2,1-5H3;9-10H,6-8H2,1-5H3;10H,5-9H2,1-4H3;9H,5-8H2,1-4H3. The molecule has 1 aromatic rings. The van der Waals surface area contributed by atoms with E-state index in [1.165, 1.54) is 184 Å². The molecule has 12 fully saturated rings. The van der Waals surface area contributed by atoms with E-state index in [9.17, 15) is 23.2 Å². The van der Waals surface area contributed by atoms with Gasteiger partial charge in [-0.05, 0) is 211 Å². The van der Waals surface area contributed by atoms with Crippen molar-refractivity contribution >= 4 is 17.7 Å². The van der Waals surface area contributed by atoms with Crippen molar-refractivity contribution in [2.45, 2.75) is 331 Å². The largest absolute Gasteiger partial charge is 0.383 e. The molecule has 1 saturated carbocycles. The number of carbonyl (C=O) groups is 3. The minimum Gasteiger partial charge on any atom is -0.383 e. The van der Waals surface area contributed by atoms with Gasteiger partial charge < -0.3 is 34.1 Å². The molecule has 1 aliphatic carbocycles. The van der Waals surface area contributed by atoms with Gasteiger partial charge in [-0.15, -0.1) is 0 Å². The van der Waals surface area contributed by atoms with Gasteiger partial charge in [-0.3, -0.25) is 43.8 Å². The number of alkyl halides is 2. The molecule has 3 amide bonds. The predicted molar refractivity (Wildman–Crippen MR) is 540 cm³/mol. The molecule has 0 bridgehead atoms. The molecular formula is C110H206F2N12O4. The Kier molecular flexibility index (Phi) is 43.7. The number of benzene rings is 1. The number of halogens is 2. The first-order chi connectivity index (χ1) is 58.9. The van der Waals surface area contributed by atoms with Crippen LogP contribution in [0.5, 0.6) is 0 Å². The second kappa shape index (κ2) is 49.2. The summed E-state index contributed by atoms with van der Waals surface area (Å²) in [5.74, 6) is 6.29. The summed E-state index contributed by atoms with van der Waals surface area (Å²) < 4.78 is 30.3. The molecule has 0 radical (unpaired) electrons. The lowest BCUT2D eigenvalue weighted by Crippen LogP contribution is -2.61. The number of allylic oxidation sites excluding steroid dienone is 1. The van der Waals surface area contributed by atoms with Crippen LogP contribution in [0, 0.1) is 108 Å². The molecule has 12 aliphatic heterocycles. The van der Waals surface area contributed by atoms with Crippen molar-refractivity contribution in [2.24, 2.45) is 108 Å². The van der Waals surface area contributed by atoms with Gasteiger partial charge in [-0.25, -0.2) is 8.78 Å². The van der Waals surface area contributed by atoms with Gasteiger partial charge in [0.15, 0.2) is 0 Å². The Morgan fingerprint density at radius 1 is 0.406 bits per heavy atom. The number of fused-ring (bicyclic) bond motifs is 1. The van der Waals surface area contributed by atoms with Crippen molar-refractivity contribution < 1.29 is 27.9 Å². The maximum Gasteiger partial charge on any atom is 0.272 e. The number of unbranched alkanes of at least 4 members (excludes halogenated alkanes) is 1. The Morgan fingerprint density at radius 3 is 1.05 bits per heavy atom. The Morgan fingerprint density at radius 2 is 0.734 bits per heavy atom.